The lowest BCUT2D eigenvalue weighted by Crippen LogP contribution is -2.61. The van der Waals surface area contributed by atoms with Crippen LogP contribution in [0.5, 0.6) is 0 Å². The van der Waals surface area contributed by atoms with Crippen LogP contribution in [0, 0.1) is 0 Å². The summed E-state index contributed by atoms with van der Waals surface area (Å²) < 4.78 is 24.1. The van der Waals surface area contributed by atoms with Crippen LogP contribution in [0.15, 0.2) is 60.7 Å². The minimum absolute atomic E-state index is 0.101. The van der Waals surface area contributed by atoms with Crippen molar-refractivity contribution in [1.82, 2.24) is 5.32 Å². The van der Waals surface area contributed by atoms with Crippen LogP contribution in [-0.4, -0.2) is 46.8 Å². The van der Waals surface area contributed by atoms with E-state index in [0.29, 0.717) is 16.7 Å². The number of hydrogen-bond acceptors (Lipinski definition) is 6. The molecule has 0 radical (unpaired) electrons. The van der Waals surface area contributed by atoms with Gasteiger partial charge in [-0.25, -0.2) is 9.59 Å². The summed E-state index contributed by atoms with van der Waals surface area (Å²) in [6.45, 7) is 4.78. The predicted octanol–water partition coefficient (Wildman–Crippen LogP) is 4.86. The van der Waals surface area contributed by atoms with Crippen LogP contribution in [0.4, 0.5) is 0 Å². The molecule has 0 fully saturated rings. The highest BCUT2D eigenvalue weighted by molar-refractivity contribution is 7.53. The summed E-state index contributed by atoms with van der Waals surface area (Å²) in [5.74, 6) is -4.21. The van der Waals surface area contributed by atoms with E-state index >= 15 is 0 Å². The van der Waals surface area contributed by atoms with E-state index in [2.05, 4.69) is 5.32 Å². The highest BCUT2D eigenvalue weighted by Crippen LogP contribution is 2.51. The first-order chi connectivity index (χ1) is 17.5. The lowest BCUT2D eigenvalue weighted by Gasteiger charge is -2.26. The molecule has 10 heteroatoms. The van der Waals surface area contributed by atoms with E-state index in [4.69, 9.17) is 9.05 Å². The minimum Gasteiger partial charge on any atom is -0.479 e. The Bertz CT molecular complexity index is 1350. The van der Waals surface area contributed by atoms with Crippen molar-refractivity contribution in [3.63, 3.8) is 0 Å². The van der Waals surface area contributed by atoms with E-state index in [1.807, 2.05) is 42.5 Å². The molecule has 9 nitrogen and oxygen atoms in total. The number of carbonyl (C=O) groups is 3. The van der Waals surface area contributed by atoms with Gasteiger partial charge in [-0.05, 0) is 52.9 Å². The third kappa shape index (κ3) is 6.63. The predicted molar refractivity (Wildman–Crippen MR) is 139 cm³/mol. The number of hydrogen-bond donors (Lipinski definition) is 3. The Morgan fingerprint density at radius 2 is 1.43 bits per heavy atom. The van der Waals surface area contributed by atoms with E-state index in [9.17, 15) is 29.2 Å². The molecule has 3 aromatic rings. The second kappa shape index (κ2) is 11.7. The maximum atomic E-state index is 13.3. The van der Waals surface area contributed by atoms with Gasteiger partial charge in [-0.15, -0.1) is 0 Å². The number of rotatable bonds is 12. The van der Waals surface area contributed by atoms with E-state index in [1.54, 1.807) is 32.0 Å². The summed E-state index contributed by atoms with van der Waals surface area (Å²) in [5.41, 5.74) is -0.308. The van der Waals surface area contributed by atoms with E-state index in [-0.39, 0.29) is 19.4 Å². The van der Waals surface area contributed by atoms with Crippen molar-refractivity contribution in [2.75, 3.05) is 13.2 Å². The third-order valence-electron chi connectivity index (χ3n) is 5.75. The first kappa shape index (κ1) is 28.1. The Morgan fingerprint density at radius 1 is 0.838 bits per heavy atom. The van der Waals surface area contributed by atoms with Crippen molar-refractivity contribution in [2.45, 2.75) is 38.9 Å². The molecular formula is C27H30NO8P. The highest BCUT2D eigenvalue weighted by Gasteiger charge is 2.48. The molecule has 0 aliphatic carbocycles. The van der Waals surface area contributed by atoms with Crippen molar-refractivity contribution in [1.29, 1.82) is 0 Å². The molecule has 0 unspecified atom stereocenters. The van der Waals surface area contributed by atoms with Gasteiger partial charge in [0.15, 0.2) is 0 Å². The number of carboxylic acids is 2. The molecule has 196 valence electrons. The van der Waals surface area contributed by atoms with Gasteiger partial charge in [-0.1, -0.05) is 54.6 Å². The molecule has 0 spiro atoms. The Morgan fingerprint density at radius 3 is 2.00 bits per heavy atom. The number of carbonyl (C=O) groups excluding carboxylic acids is 1. The van der Waals surface area contributed by atoms with Gasteiger partial charge in [0.2, 0.25) is 11.4 Å². The fourth-order valence-corrected chi connectivity index (χ4v) is 5.91. The van der Waals surface area contributed by atoms with Gasteiger partial charge in [0.05, 0.1) is 19.4 Å². The van der Waals surface area contributed by atoms with Crippen LogP contribution in [0.2, 0.25) is 0 Å². The summed E-state index contributed by atoms with van der Waals surface area (Å²) in [4.78, 5) is 36.0. The average molecular weight is 528 g/mol. The maximum Gasteiger partial charge on any atom is 0.341 e. The standard InChI is InChI=1S/C27H30NO8P/c1-4-35-37(34,36-5-2)17-20-12-19(16-27(25(30)31,26(32)33)28-18(3)29)13-24(14-20)23-11-10-21-8-6-7-9-22(21)15-23/h6-15H,4-5,16-17H2,1-3H3,(H,28,29)(H,30,31)(H,32,33). The van der Waals surface area contributed by atoms with E-state index in [1.165, 1.54) is 0 Å². The number of amides is 1. The van der Waals surface area contributed by atoms with Gasteiger partial charge in [-0.2, -0.15) is 0 Å². The number of fused-ring (bicyclic) bond motifs is 1. The van der Waals surface area contributed by atoms with Gasteiger partial charge in [0, 0.05) is 13.3 Å². The summed E-state index contributed by atoms with van der Waals surface area (Å²) >= 11 is 0. The highest BCUT2D eigenvalue weighted by atomic mass is 31.2. The maximum absolute atomic E-state index is 13.3. The molecule has 0 atom stereocenters. The SMILES string of the molecule is CCOP(=O)(Cc1cc(CC(NC(C)=O)(C(=O)O)C(=O)O)cc(-c2ccc3ccccc3c2)c1)OCC. The molecule has 37 heavy (non-hydrogen) atoms. The summed E-state index contributed by atoms with van der Waals surface area (Å²) in [6, 6.07) is 18.6. The van der Waals surface area contributed by atoms with Crippen LogP contribution in [0.25, 0.3) is 21.9 Å². The molecule has 0 aliphatic rings. The zero-order valence-electron chi connectivity index (χ0n) is 20.9. The lowest BCUT2D eigenvalue weighted by molar-refractivity contribution is -0.161. The summed E-state index contributed by atoms with van der Waals surface area (Å²) in [6.07, 6.45) is -0.643. The monoisotopic (exact) mass is 527 g/mol. The van der Waals surface area contributed by atoms with Gasteiger partial charge in [0.1, 0.15) is 0 Å². The largest absolute Gasteiger partial charge is 0.479 e. The molecular weight excluding hydrogens is 497 g/mol. The van der Waals surface area contributed by atoms with E-state index in [0.717, 1.165) is 23.3 Å². The van der Waals surface area contributed by atoms with Gasteiger partial charge >= 0.3 is 19.5 Å². The molecule has 1 amide bonds. The van der Waals surface area contributed by atoms with Crippen molar-refractivity contribution in [3.8, 4) is 11.1 Å². The van der Waals surface area contributed by atoms with Crippen LogP contribution in [0.3, 0.4) is 0 Å². The Labute approximate surface area is 214 Å². The number of nitrogens with one attached hydrogen (secondary N) is 1. The Kier molecular flexibility index (Phi) is 8.86. The van der Waals surface area contributed by atoms with Gasteiger partial charge < -0.3 is 24.6 Å². The van der Waals surface area contributed by atoms with Crippen molar-refractivity contribution in [3.05, 3.63) is 71.8 Å². The van der Waals surface area contributed by atoms with Gasteiger partial charge in [0.25, 0.3) is 0 Å². The average Bonchev–Trinajstić information content (AvgIpc) is 2.82. The molecule has 0 heterocycles. The number of carboxylic acid groups (broad SMARTS) is 2. The third-order valence-corrected chi connectivity index (χ3v) is 7.81. The van der Waals surface area contributed by atoms with Crippen molar-refractivity contribution in [2.24, 2.45) is 0 Å². The minimum atomic E-state index is -3.53. The van der Waals surface area contributed by atoms with Gasteiger partial charge in [-0.3, -0.25) is 9.36 Å². The summed E-state index contributed by atoms with van der Waals surface area (Å²) in [5, 5.41) is 23.7. The molecule has 3 N–H and O–H groups in total. The quantitative estimate of drug-likeness (QED) is 0.224. The molecule has 0 saturated carbocycles. The summed E-state index contributed by atoms with van der Waals surface area (Å²) in [7, 11) is -3.53. The topological polar surface area (TPSA) is 139 Å². The van der Waals surface area contributed by atoms with Crippen LogP contribution >= 0.6 is 7.60 Å². The fourth-order valence-electron chi connectivity index (χ4n) is 4.24. The van der Waals surface area contributed by atoms with E-state index < -0.39 is 37.4 Å². The fraction of sp³-hybridized carbons (Fsp3) is 0.296. The van der Waals surface area contributed by atoms with Crippen LogP contribution in [-0.2, 0) is 40.6 Å². The van der Waals surface area contributed by atoms with Crippen molar-refractivity contribution >= 4 is 36.2 Å². The smallest absolute Gasteiger partial charge is 0.341 e. The van der Waals surface area contributed by atoms with Crippen LogP contribution in [0.1, 0.15) is 31.9 Å². The molecule has 0 saturated heterocycles. The zero-order chi connectivity index (χ0) is 27.2. The normalized spacial score (nSPS) is 11.9. The Hall–Kier alpha value is -3.52. The first-order valence-electron chi connectivity index (χ1n) is 11.8. The molecule has 3 rings (SSSR count). The molecule has 3 aromatic carbocycles. The molecule has 0 aromatic heterocycles. The second-order valence-electron chi connectivity index (χ2n) is 8.58. The zero-order valence-corrected chi connectivity index (χ0v) is 21.8. The van der Waals surface area contributed by atoms with Crippen LogP contribution < -0.4 is 5.32 Å². The Balaban J connectivity index is 2.18. The van der Waals surface area contributed by atoms with Crippen molar-refractivity contribution < 1.29 is 38.2 Å². The lowest BCUT2D eigenvalue weighted by atomic mass is 9.88. The first-order valence-corrected chi connectivity index (χ1v) is 13.5. The molecule has 0 aliphatic heterocycles. The number of benzene rings is 3. The molecule has 0 bridgehead atoms. The number of aliphatic carboxylic acids is 2. The second-order valence-corrected chi connectivity index (χ2v) is 10.6.